The first-order chi connectivity index (χ1) is 16.5. The van der Waals surface area contributed by atoms with Gasteiger partial charge in [0.25, 0.3) is 5.56 Å². The molecule has 2 heterocycles. The summed E-state index contributed by atoms with van der Waals surface area (Å²) >= 11 is 0. The third kappa shape index (κ3) is 4.22. The van der Waals surface area contributed by atoms with Crippen molar-refractivity contribution in [1.82, 2.24) is 14.1 Å². The van der Waals surface area contributed by atoms with Crippen LogP contribution in [0, 0.1) is 0 Å². The fourth-order valence-corrected chi connectivity index (χ4v) is 3.92. The van der Waals surface area contributed by atoms with Crippen molar-refractivity contribution < 1.29 is 9.53 Å². The Bertz CT molecular complexity index is 1440. The number of carbonyl (C=O) groups excluding carboxylic acids is 1. The van der Waals surface area contributed by atoms with Crippen molar-refractivity contribution in [3.63, 3.8) is 0 Å². The van der Waals surface area contributed by atoms with Gasteiger partial charge in [0.1, 0.15) is 12.3 Å². The van der Waals surface area contributed by atoms with Crippen molar-refractivity contribution in [2.75, 3.05) is 18.6 Å². The second kappa shape index (κ2) is 9.74. The number of amides is 1. The number of rotatable bonds is 7. The van der Waals surface area contributed by atoms with Gasteiger partial charge in [-0.2, -0.15) is 0 Å². The summed E-state index contributed by atoms with van der Waals surface area (Å²) in [6, 6.07) is 17.8. The van der Waals surface area contributed by atoms with Gasteiger partial charge in [-0.25, -0.2) is 18.9 Å². The van der Waals surface area contributed by atoms with Crippen molar-refractivity contribution in [3.05, 3.63) is 93.3 Å². The number of pyridine rings is 1. The van der Waals surface area contributed by atoms with Crippen LogP contribution in [0.4, 0.5) is 5.69 Å². The van der Waals surface area contributed by atoms with Gasteiger partial charge in [-0.15, -0.1) is 0 Å². The predicted molar refractivity (Wildman–Crippen MR) is 132 cm³/mol. The fourth-order valence-electron chi connectivity index (χ4n) is 3.92. The van der Waals surface area contributed by atoms with Crippen LogP contribution in [0.2, 0.25) is 0 Å². The first kappa shape index (κ1) is 23.0. The quantitative estimate of drug-likeness (QED) is 0.425. The summed E-state index contributed by atoms with van der Waals surface area (Å²) in [5.74, 6) is 0.278. The van der Waals surface area contributed by atoms with E-state index >= 15 is 0 Å². The van der Waals surface area contributed by atoms with Gasteiger partial charge in [-0.3, -0.25) is 9.59 Å². The van der Waals surface area contributed by atoms with Gasteiger partial charge in [0.15, 0.2) is 5.65 Å². The van der Waals surface area contributed by atoms with Gasteiger partial charge < -0.3 is 9.64 Å². The molecule has 0 radical (unpaired) electrons. The van der Waals surface area contributed by atoms with E-state index in [1.54, 1.807) is 48.4 Å². The van der Waals surface area contributed by atoms with Gasteiger partial charge in [-0.05, 0) is 67.4 Å². The Morgan fingerprint density at radius 3 is 2.32 bits per heavy atom. The molecule has 0 aliphatic rings. The Morgan fingerprint density at radius 2 is 1.71 bits per heavy atom. The number of aryl methyl sites for hydroxylation is 1. The number of carbonyl (C=O) groups is 1. The Hall–Kier alpha value is -4.20. The van der Waals surface area contributed by atoms with Crippen LogP contribution >= 0.6 is 0 Å². The molecule has 0 aliphatic carbocycles. The molecule has 8 nitrogen and oxygen atoms in total. The monoisotopic (exact) mass is 458 g/mol. The molecule has 0 fully saturated rings. The van der Waals surface area contributed by atoms with Crippen LogP contribution < -0.4 is 20.9 Å². The van der Waals surface area contributed by atoms with Gasteiger partial charge in [0.2, 0.25) is 5.91 Å². The summed E-state index contributed by atoms with van der Waals surface area (Å²) in [6.45, 7) is 3.93. The summed E-state index contributed by atoms with van der Waals surface area (Å²) in [7, 11) is 1.55. The van der Waals surface area contributed by atoms with E-state index in [-0.39, 0.29) is 23.5 Å². The van der Waals surface area contributed by atoms with E-state index in [0.717, 1.165) is 22.2 Å². The largest absolute Gasteiger partial charge is 0.497 e. The van der Waals surface area contributed by atoms with E-state index in [2.05, 4.69) is 11.9 Å². The van der Waals surface area contributed by atoms with E-state index < -0.39 is 11.2 Å². The van der Waals surface area contributed by atoms with Crippen LogP contribution in [-0.4, -0.2) is 33.7 Å². The third-order valence-corrected chi connectivity index (χ3v) is 5.79. The summed E-state index contributed by atoms with van der Waals surface area (Å²) in [6.07, 6.45) is 2.42. The fraction of sp³-hybridized carbons (Fsp3) is 0.231. The molecule has 4 rings (SSSR count). The molecule has 0 bridgehead atoms. The Morgan fingerprint density at radius 1 is 1.00 bits per heavy atom. The highest BCUT2D eigenvalue weighted by atomic mass is 16.5. The topological polar surface area (TPSA) is 86.4 Å². The van der Waals surface area contributed by atoms with E-state index in [9.17, 15) is 14.4 Å². The molecule has 0 spiro atoms. The Labute approximate surface area is 196 Å². The lowest BCUT2D eigenvalue weighted by molar-refractivity contribution is -0.119. The van der Waals surface area contributed by atoms with Crippen molar-refractivity contribution in [1.29, 1.82) is 0 Å². The van der Waals surface area contributed by atoms with Gasteiger partial charge in [0, 0.05) is 18.4 Å². The summed E-state index contributed by atoms with van der Waals surface area (Å²) < 4.78 is 7.52. The normalized spacial score (nSPS) is 10.9. The zero-order chi connectivity index (χ0) is 24.2. The van der Waals surface area contributed by atoms with Crippen LogP contribution in [0.1, 0.15) is 19.4 Å². The number of ether oxygens (including phenoxy) is 1. The highest BCUT2D eigenvalue weighted by Gasteiger charge is 2.20. The van der Waals surface area contributed by atoms with Crippen molar-refractivity contribution in [2.24, 2.45) is 0 Å². The lowest BCUT2D eigenvalue weighted by Crippen LogP contribution is -2.44. The average Bonchev–Trinajstić information content (AvgIpc) is 2.88. The molecule has 0 unspecified atom stereocenters. The number of fused-ring (bicyclic) bond motifs is 1. The number of methoxy groups -OCH3 is 1. The highest BCUT2D eigenvalue weighted by molar-refractivity contribution is 5.93. The Balaban J connectivity index is 1.81. The molecule has 0 atom stereocenters. The smallest absolute Gasteiger partial charge is 0.337 e. The second-order valence-corrected chi connectivity index (χ2v) is 7.74. The molecular formula is C26H26N4O4. The van der Waals surface area contributed by atoms with Crippen molar-refractivity contribution in [3.8, 4) is 11.4 Å². The van der Waals surface area contributed by atoms with E-state index in [4.69, 9.17) is 4.74 Å². The lowest BCUT2D eigenvalue weighted by Gasteiger charge is -2.22. The molecule has 0 saturated heterocycles. The van der Waals surface area contributed by atoms with Crippen LogP contribution in [0.3, 0.4) is 0 Å². The maximum atomic E-state index is 13.5. The number of likely N-dealkylation sites (N-methyl/N-ethyl adjacent to an activating group) is 1. The molecule has 0 saturated carbocycles. The van der Waals surface area contributed by atoms with Crippen LogP contribution in [0.5, 0.6) is 5.75 Å². The highest BCUT2D eigenvalue weighted by Crippen LogP contribution is 2.18. The first-order valence-electron chi connectivity index (χ1n) is 11.1. The summed E-state index contributed by atoms with van der Waals surface area (Å²) in [5, 5.41) is 0.251. The lowest BCUT2D eigenvalue weighted by atomic mass is 10.1. The SMILES string of the molecule is CCc1ccc(N(CC)C(=O)Cn2c(=O)c3cccnc3n(-c3ccc(OC)cc3)c2=O)cc1. The van der Waals surface area contributed by atoms with E-state index in [1.165, 1.54) is 10.8 Å². The van der Waals surface area contributed by atoms with Gasteiger partial charge in [0.05, 0.1) is 18.2 Å². The average molecular weight is 459 g/mol. The maximum absolute atomic E-state index is 13.5. The third-order valence-electron chi connectivity index (χ3n) is 5.79. The molecule has 4 aromatic rings. The minimum atomic E-state index is -0.632. The molecule has 0 aliphatic heterocycles. The molecular weight excluding hydrogens is 432 g/mol. The molecule has 2 aromatic heterocycles. The summed E-state index contributed by atoms with van der Waals surface area (Å²) in [5.41, 5.74) is 1.44. The minimum Gasteiger partial charge on any atom is -0.497 e. The summed E-state index contributed by atoms with van der Waals surface area (Å²) in [4.78, 5) is 45.8. The number of hydrogen-bond donors (Lipinski definition) is 0. The van der Waals surface area contributed by atoms with E-state index in [0.29, 0.717) is 18.0 Å². The molecule has 174 valence electrons. The minimum absolute atomic E-state index is 0.230. The predicted octanol–water partition coefficient (Wildman–Crippen LogP) is 3.17. The van der Waals surface area contributed by atoms with E-state index in [1.807, 2.05) is 31.2 Å². The second-order valence-electron chi connectivity index (χ2n) is 7.74. The van der Waals surface area contributed by atoms with Gasteiger partial charge >= 0.3 is 5.69 Å². The molecule has 1 amide bonds. The number of aromatic nitrogens is 3. The van der Waals surface area contributed by atoms with Crippen LogP contribution in [0.15, 0.2) is 76.4 Å². The number of benzene rings is 2. The number of nitrogens with zero attached hydrogens (tertiary/aromatic N) is 4. The standard InChI is InChI=1S/C26H26N4O4/c1-4-18-8-10-19(11-9-18)28(5-2)23(31)17-29-25(32)22-7-6-16-27-24(22)30(26(29)33)20-12-14-21(34-3)15-13-20/h6-16H,4-5,17H2,1-3H3. The van der Waals surface area contributed by atoms with Crippen molar-refractivity contribution in [2.45, 2.75) is 26.8 Å². The molecule has 0 N–H and O–H groups in total. The van der Waals surface area contributed by atoms with Crippen molar-refractivity contribution >= 4 is 22.6 Å². The number of anilines is 1. The first-order valence-corrected chi connectivity index (χ1v) is 11.1. The zero-order valence-corrected chi connectivity index (χ0v) is 19.4. The molecule has 2 aromatic carbocycles. The van der Waals surface area contributed by atoms with Crippen LogP contribution in [-0.2, 0) is 17.8 Å². The molecule has 34 heavy (non-hydrogen) atoms. The zero-order valence-electron chi connectivity index (χ0n) is 19.4. The number of hydrogen-bond acceptors (Lipinski definition) is 5. The maximum Gasteiger partial charge on any atom is 0.337 e. The Kier molecular flexibility index (Phi) is 6.58. The van der Waals surface area contributed by atoms with Crippen LogP contribution in [0.25, 0.3) is 16.7 Å². The van der Waals surface area contributed by atoms with Gasteiger partial charge in [-0.1, -0.05) is 19.1 Å². The molecule has 8 heteroatoms.